The number of nitrogens with zero attached hydrogens (tertiary/aromatic N) is 1. The van der Waals surface area contributed by atoms with Crippen LogP contribution in [0.25, 0.3) is 11.4 Å². The fraction of sp³-hybridized carbons (Fsp3) is 0.167. The molecule has 3 rings (SSSR count). The summed E-state index contributed by atoms with van der Waals surface area (Å²) < 4.78 is 34.2. The topological polar surface area (TPSA) is 86.1 Å². The van der Waals surface area contributed by atoms with Crippen LogP contribution in [0.5, 0.6) is 0 Å². The number of H-pyrrole nitrogens is 1. The summed E-state index contributed by atoms with van der Waals surface area (Å²) in [6.07, 6.45) is 4.06. The summed E-state index contributed by atoms with van der Waals surface area (Å²) in [6, 6.07) is 20.9. The molecule has 0 saturated carbocycles. The van der Waals surface area contributed by atoms with Gasteiger partial charge in [-0.2, -0.15) is 0 Å². The molecule has 25 heavy (non-hydrogen) atoms. The Balaban J connectivity index is 0.000000277. The predicted molar refractivity (Wildman–Crippen MR) is 93.3 cm³/mol. The fourth-order valence-electron chi connectivity index (χ4n) is 2.27. The van der Waals surface area contributed by atoms with Gasteiger partial charge in [0.15, 0.2) is 0 Å². The molecule has 7 heteroatoms. The highest BCUT2D eigenvalue weighted by Crippen LogP contribution is 2.12. The molecule has 0 atom stereocenters. The maximum Gasteiger partial charge on any atom is 0.286 e. The van der Waals surface area contributed by atoms with Gasteiger partial charge in [0, 0.05) is 0 Å². The third-order valence-electron chi connectivity index (χ3n) is 3.27. The summed E-state index contributed by atoms with van der Waals surface area (Å²) in [5.41, 5.74) is 2.51. The zero-order valence-corrected chi connectivity index (χ0v) is 14.6. The Morgan fingerprint density at radius 3 is 2.16 bits per heavy atom. The lowest BCUT2D eigenvalue weighted by molar-refractivity contribution is -0.676. The van der Waals surface area contributed by atoms with Gasteiger partial charge in [-0.1, -0.05) is 48.5 Å². The van der Waals surface area contributed by atoms with E-state index in [1.807, 2.05) is 18.3 Å². The van der Waals surface area contributed by atoms with Crippen molar-refractivity contribution in [2.24, 2.45) is 0 Å². The molecule has 3 aromatic rings. The van der Waals surface area contributed by atoms with Crippen LogP contribution in [0.1, 0.15) is 12.5 Å². The second-order valence-electron chi connectivity index (χ2n) is 5.10. The highest BCUT2D eigenvalue weighted by atomic mass is 32.3. The number of aromatic amines is 1. The molecule has 0 bridgehead atoms. The Labute approximate surface area is 147 Å². The van der Waals surface area contributed by atoms with Crippen molar-refractivity contribution in [3.63, 3.8) is 0 Å². The third-order valence-corrected chi connectivity index (χ3v) is 3.79. The molecular weight excluding hydrogens is 340 g/mol. The van der Waals surface area contributed by atoms with Crippen LogP contribution in [0.3, 0.4) is 0 Å². The van der Waals surface area contributed by atoms with E-state index in [0.29, 0.717) is 0 Å². The zero-order chi connectivity index (χ0) is 18.1. The molecule has 0 aliphatic heterocycles. The van der Waals surface area contributed by atoms with Crippen LogP contribution in [0.2, 0.25) is 0 Å². The number of nitrogens with one attached hydrogen (secondary N) is 1. The molecule has 0 aliphatic rings. The molecule has 1 aromatic heterocycles. The van der Waals surface area contributed by atoms with Crippen molar-refractivity contribution in [2.75, 3.05) is 6.61 Å². The molecule has 0 unspecified atom stereocenters. The Morgan fingerprint density at radius 2 is 1.64 bits per heavy atom. The smallest absolute Gasteiger partial charge is 0.286 e. The van der Waals surface area contributed by atoms with Crippen molar-refractivity contribution in [3.8, 4) is 11.4 Å². The van der Waals surface area contributed by atoms with Crippen molar-refractivity contribution in [3.05, 3.63) is 78.6 Å². The van der Waals surface area contributed by atoms with Gasteiger partial charge in [0.1, 0.15) is 18.9 Å². The van der Waals surface area contributed by atoms with Gasteiger partial charge in [0.25, 0.3) is 5.82 Å². The Hall–Kier alpha value is -2.48. The van der Waals surface area contributed by atoms with E-state index in [2.05, 4.69) is 68.5 Å². The van der Waals surface area contributed by atoms with Crippen molar-refractivity contribution < 1.29 is 21.7 Å². The lowest BCUT2D eigenvalue weighted by Gasteiger charge is -2.02. The van der Waals surface area contributed by atoms with Gasteiger partial charge in [-0.15, -0.1) is 0 Å². The second-order valence-corrected chi connectivity index (χ2v) is 6.16. The monoisotopic (exact) mass is 360 g/mol. The van der Waals surface area contributed by atoms with Gasteiger partial charge < -0.3 is 4.55 Å². The number of benzene rings is 2. The van der Waals surface area contributed by atoms with Gasteiger partial charge >= 0.3 is 0 Å². The van der Waals surface area contributed by atoms with E-state index < -0.39 is 10.4 Å². The molecule has 2 aromatic carbocycles. The minimum absolute atomic E-state index is 0.0914. The van der Waals surface area contributed by atoms with Gasteiger partial charge in [0.05, 0.1) is 12.2 Å². The fourth-order valence-corrected chi connectivity index (χ4v) is 2.55. The van der Waals surface area contributed by atoms with Gasteiger partial charge in [0.2, 0.25) is 10.4 Å². The predicted octanol–water partition coefficient (Wildman–Crippen LogP) is 2.50. The van der Waals surface area contributed by atoms with E-state index in [0.717, 1.165) is 12.4 Å². The average molecular weight is 360 g/mol. The van der Waals surface area contributed by atoms with Gasteiger partial charge in [-0.05, 0) is 24.6 Å². The molecule has 0 aliphatic carbocycles. The van der Waals surface area contributed by atoms with Crippen molar-refractivity contribution in [2.45, 2.75) is 13.5 Å². The first-order chi connectivity index (χ1) is 12.0. The van der Waals surface area contributed by atoms with Gasteiger partial charge in [-0.25, -0.2) is 18.0 Å². The van der Waals surface area contributed by atoms with E-state index in [9.17, 15) is 13.0 Å². The van der Waals surface area contributed by atoms with E-state index in [1.54, 1.807) is 0 Å². The Kier molecular flexibility index (Phi) is 6.88. The van der Waals surface area contributed by atoms with Crippen LogP contribution in [0.15, 0.2) is 73.1 Å². The molecule has 0 amide bonds. The first kappa shape index (κ1) is 18.9. The summed E-state index contributed by atoms with van der Waals surface area (Å²) in [5, 5.41) is 0. The Bertz CT molecular complexity index is 862. The molecule has 0 fully saturated rings. The summed E-state index contributed by atoms with van der Waals surface area (Å²) in [6.45, 7) is 2.22. The summed E-state index contributed by atoms with van der Waals surface area (Å²) in [5.74, 6) is 1.14. The first-order valence-electron chi connectivity index (χ1n) is 7.76. The minimum Gasteiger partial charge on any atom is -0.726 e. The number of hydrogen-bond acceptors (Lipinski definition) is 4. The molecule has 6 nitrogen and oxygen atoms in total. The quantitative estimate of drug-likeness (QED) is 0.430. The van der Waals surface area contributed by atoms with E-state index in [4.69, 9.17) is 0 Å². The lowest BCUT2D eigenvalue weighted by atomic mass is 10.2. The number of rotatable bonds is 5. The van der Waals surface area contributed by atoms with Crippen LogP contribution in [0, 0.1) is 0 Å². The normalized spacial score (nSPS) is 10.8. The SMILES string of the molecule is CCOS(=O)(=O)[O-].c1ccc(C[n+]2cc[nH]c2-c2ccccc2)cc1. The summed E-state index contributed by atoms with van der Waals surface area (Å²) in [7, 11) is -4.42. The largest absolute Gasteiger partial charge is 0.726 e. The van der Waals surface area contributed by atoms with Crippen molar-refractivity contribution in [1.29, 1.82) is 0 Å². The maximum absolute atomic E-state index is 9.45. The Morgan fingerprint density at radius 1 is 1.04 bits per heavy atom. The molecule has 1 heterocycles. The second kappa shape index (κ2) is 9.12. The third kappa shape index (κ3) is 6.50. The number of imidazole rings is 1. The lowest BCUT2D eigenvalue weighted by Crippen LogP contribution is -2.34. The highest BCUT2D eigenvalue weighted by Gasteiger charge is 2.12. The summed E-state index contributed by atoms with van der Waals surface area (Å²) >= 11 is 0. The van der Waals surface area contributed by atoms with Crippen LogP contribution in [-0.2, 0) is 21.1 Å². The maximum atomic E-state index is 9.45. The molecule has 132 valence electrons. The van der Waals surface area contributed by atoms with E-state index in [1.165, 1.54) is 18.1 Å². The first-order valence-corrected chi connectivity index (χ1v) is 9.09. The standard InChI is InChI=1S/C16H14N2.C2H6O4S/c1-3-7-14(8-4-1)13-18-12-11-17-16(18)15-9-5-2-6-10-15;1-2-6-7(3,4)5/h1-12H,13H2;2H2,1H3,(H,3,4,5). The van der Waals surface area contributed by atoms with E-state index >= 15 is 0 Å². The van der Waals surface area contributed by atoms with Crippen LogP contribution >= 0.6 is 0 Å². The molecular formula is C18H20N2O4S. The van der Waals surface area contributed by atoms with Crippen molar-refractivity contribution >= 4 is 10.4 Å². The number of hydrogen-bond donors (Lipinski definition) is 1. The summed E-state index contributed by atoms with van der Waals surface area (Å²) in [4.78, 5) is 3.31. The molecule has 0 saturated heterocycles. The van der Waals surface area contributed by atoms with Crippen LogP contribution in [-0.4, -0.2) is 24.6 Å². The van der Waals surface area contributed by atoms with Crippen LogP contribution in [0.4, 0.5) is 0 Å². The molecule has 0 spiro atoms. The zero-order valence-electron chi connectivity index (χ0n) is 13.8. The highest BCUT2D eigenvalue weighted by molar-refractivity contribution is 7.80. The number of aromatic nitrogens is 2. The van der Waals surface area contributed by atoms with Crippen molar-refractivity contribution in [1.82, 2.24) is 4.98 Å². The minimum atomic E-state index is -4.42. The molecule has 0 radical (unpaired) electrons. The van der Waals surface area contributed by atoms with E-state index in [-0.39, 0.29) is 6.61 Å². The van der Waals surface area contributed by atoms with Crippen LogP contribution < -0.4 is 4.57 Å². The molecule has 1 N–H and O–H groups in total. The average Bonchev–Trinajstić information content (AvgIpc) is 3.04. The van der Waals surface area contributed by atoms with Gasteiger partial charge in [-0.3, -0.25) is 4.18 Å².